The summed E-state index contributed by atoms with van der Waals surface area (Å²) < 4.78 is 14.2. The number of aliphatic imine (C=N–C) groups is 1. The number of benzene rings is 1. The van der Waals surface area contributed by atoms with Crippen molar-refractivity contribution in [2.45, 2.75) is 25.3 Å². The zero-order valence-electron chi connectivity index (χ0n) is 13.6. The summed E-state index contributed by atoms with van der Waals surface area (Å²) in [4.78, 5) is 15.9. The molecule has 2 N–H and O–H groups in total. The van der Waals surface area contributed by atoms with Crippen molar-refractivity contribution in [1.82, 2.24) is 10.6 Å². The molecule has 0 radical (unpaired) electrons. The van der Waals surface area contributed by atoms with Crippen LogP contribution in [0.15, 0.2) is 52.2 Å². The molecular formula is C19H20FN3O. The van der Waals surface area contributed by atoms with Crippen molar-refractivity contribution in [3.8, 4) is 0 Å². The Hall–Kier alpha value is -2.27. The summed E-state index contributed by atoms with van der Waals surface area (Å²) in [5.41, 5.74) is 4.65. The molecule has 0 unspecified atom stereocenters. The van der Waals surface area contributed by atoms with Crippen LogP contribution in [0.4, 0.5) is 4.39 Å². The van der Waals surface area contributed by atoms with Crippen molar-refractivity contribution in [1.29, 1.82) is 0 Å². The van der Waals surface area contributed by atoms with Gasteiger partial charge < -0.3 is 10.6 Å². The summed E-state index contributed by atoms with van der Waals surface area (Å²) >= 11 is 0. The Bertz CT molecular complexity index is 776. The van der Waals surface area contributed by atoms with E-state index < -0.39 is 5.97 Å². The first kappa shape index (κ1) is 15.3. The van der Waals surface area contributed by atoms with Crippen LogP contribution >= 0.6 is 0 Å². The highest BCUT2D eigenvalue weighted by molar-refractivity contribution is 6.07. The number of nitrogens with zero attached hydrogens (tertiary/aromatic N) is 1. The highest BCUT2D eigenvalue weighted by Crippen LogP contribution is 2.46. The minimum atomic E-state index is -0.507. The van der Waals surface area contributed by atoms with E-state index in [9.17, 15) is 9.18 Å². The molecular weight excluding hydrogens is 305 g/mol. The lowest BCUT2D eigenvalue weighted by molar-refractivity contribution is -0.116. The predicted molar refractivity (Wildman–Crippen MR) is 91.3 cm³/mol. The van der Waals surface area contributed by atoms with Crippen LogP contribution in [0.2, 0.25) is 0 Å². The van der Waals surface area contributed by atoms with Crippen LogP contribution in [0.5, 0.6) is 0 Å². The van der Waals surface area contributed by atoms with Gasteiger partial charge in [0.25, 0.3) is 0 Å². The molecule has 1 aromatic carbocycles. The van der Waals surface area contributed by atoms with E-state index >= 15 is 0 Å². The van der Waals surface area contributed by atoms with Gasteiger partial charge >= 0.3 is 0 Å². The average Bonchev–Trinajstić information content (AvgIpc) is 2.78. The Kier molecular flexibility index (Phi) is 3.81. The average molecular weight is 325 g/mol. The summed E-state index contributed by atoms with van der Waals surface area (Å²) in [5.74, 6) is -0.299. The summed E-state index contributed by atoms with van der Waals surface area (Å²) in [7, 11) is 1.93. The summed E-state index contributed by atoms with van der Waals surface area (Å²) in [6.07, 6.45) is 2.99. The fourth-order valence-electron chi connectivity index (χ4n) is 3.99. The molecule has 0 bridgehead atoms. The molecule has 0 saturated heterocycles. The Morgan fingerprint density at radius 3 is 2.83 bits per heavy atom. The van der Waals surface area contributed by atoms with E-state index in [0.717, 1.165) is 30.7 Å². The fraction of sp³-hybridized carbons (Fsp3) is 0.368. The van der Waals surface area contributed by atoms with Crippen LogP contribution in [0.1, 0.15) is 29.9 Å². The number of hydrogen-bond donors (Lipinski definition) is 2. The number of halogens is 1. The minimum Gasteiger partial charge on any atom is -0.352 e. The number of carbonyl (C=O) groups is 1. The first-order valence-corrected chi connectivity index (χ1v) is 8.36. The summed E-state index contributed by atoms with van der Waals surface area (Å²) in [6, 6.07) is 8.58. The van der Waals surface area contributed by atoms with Crippen molar-refractivity contribution in [2.75, 3.05) is 13.6 Å². The molecule has 3 aliphatic rings. The number of carbonyl (C=O) groups excluding carboxylic acids is 1. The Morgan fingerprint density at radius 2 is 2.08 bits per heavy atom. The molecule has 24 heavy (non-hydrogen) atoms. The second kappa shape index (κ2) is 5.98. The molecule has 4 nitrogen and oxygen atoms in total. The monoisotopic (exact) mass is 325 g/mol. The van der Waals surface area contributed by atoms with E-state index in [0.29, 0.717) is 18.0 Å². The molecule has 1 aromatic rings. The van der Waals surface area contributed by atoms with Crippen LogP contribution in [0.3, 0.4) is 0 Å². The van der Waals surface area contributed by atoms with Gasteiger partial charge in [0.15, 0.2) is 0 Å². The quantitative estimate of drug-likeness (QED) is 0.897. The van der Waals surface area contributed by atoms with Crippen molar-refractivity contribution in [3.05, 3.63) is 58.3 Å². The van der Waals surface area contributed by atoms with Crippen LogP contribution in [0, 0.1) is 5.92 Å². The van der Waals surface area contributed by atoms with E-state index in [4.69, 9.17) is 0 Å². The predicted octanol–water partition coefficient (Wildman–Crippen LogP) is 2.59. The number of allylic oxidation sites excluding steroid dienone is 2. The lowest BCUT2D eigenvalue weighted by Gasteiger charge is -2.30. The topological polar surface area (TPSA) is 53.5 Å². The van der Waals surface area contributed by atoms with Crippen LogP contribution in [-0.4, -0.2) is 25.5 Å². The maximum Gasteiger partial charge on any atom is 0.244 e. The maximum atomic E-state index is 14.2. The standard InChI is InChI=1S/C19H20FN3O/c1-21-9-11-2-4-12(5-3-11)13-6-14-10-22-17(24)8-15-18(14)16(7-13)23-19(15)20/h2-5,8,13-14,21H,6-7,9-10H2,1H3,(H,22,24)/t13-,14+/m1/s1. The van der Waals surface area contributed by atoms with E-state index in [-0.39, 0.29) is 11.8 Å². The molecule has 4 rings (SSSR count). The first-order chi connectivity index (χ1) is 11.7. The maximum absolute atomic E-state index is 14.2. The largest absolute Gasteiger partial charge is 0.352 e. The van der Waals surface area contributed by atoms with Gasteiger partial charge in [-0.05, 0) is 42.5 Å². The Balaban J connectivity index is 1.64. The third-order valence-corrected chi connectivity index (χ3v) is 5.10. The van der Waals surface area contributed by atoms with Crippen molar-refractivity contribution < 1.29 is 9.18 Å². The van der Waals surface area contributed by atoms with Gasteiger partial charge in [-0.2, -0.15) is 4.39 Å². The molecule has 0 spiro atoms. The normalized spacial score (nSPS) is 25.7. The number of amides is 1. The van der Waals surface area contributed by atoms with Gasteiger partial charge in [-0.15, -0.1) is 0 Å². The van der Waals surface area contributed by atoms with Gasteiger partial charge in [0.2, 0.25) is 11.9 Å². The van der Waals surface area contributed by atoms with Gasteiger partial charge in [-0.25, -0.2) is 4.99 Å². The van der Waals surface area contributed by atoms with E-state index in [1.165, 1.54) is 17.2 Å². The number of nitrogens with one attached hydrogen (secondary N) is 2. The van der Waals surface area contributed by atoms with Gasteiger partial charge in [-0.3, -0.25) is 4.79 Å². The molecule has 0 aromatic heterocycles. The number of rotatable bonds is 3. The Labute approximate surface area is 140 Å². The van der Waals surface area contributed by atoms with E-state index in [1.54, 1.807) is 0 Å². The van der Waals surface area contributed by atoms with Crippen molar-refractivity contribution in [3.63, 3.8) is 0 Å². The summed E-state index contributed by atoms with van der Waals surface area (Å²) in [6.45, 7) is 1.40. The SMILES string of the molecule is CNCc1ccc([C@H]2CC3=C4C(=CC(=O)NC[C@@H]4C2)C(F)=N3)cc1. The van der Waals surface area contributed by atoms with Crippen molar-refractivity contribution in [2.24, 2.45) is 10.9 Å². The molecule has 1 aliphatic carbocycles. The molecule has 2 aliphatic heterocycles. The zero-order valence-corrected chi connectivity index (χ0v) is 13.6. The molecule has 1 amide bonds. The van der Waals surface area contributed by atoms with Crippen molar-refractivity contribution >= 4 is 11.9 Å². The summed E-state index contributed by atoms with van der Waals surface area (Å²) in [5, 5.41) is 6.01. The highest BCUT2D eigenvalue weighted by Gasteiger charge is 2.38. The molecule has 124 valence electrons. The van der Waals surface area contributed by atoms with Gasteiger partial charge in [0.1, 0.15) is 0 Å². The molecule has 0 fully saturated rings. The minimum absolute atomic E-state index is 0.130. The second-order valence-electron chi connectivity index (χ2n) is 6.67. The van der Waals surface area contributed by atoms with Gasteiger partial charge in [0, 0.05) is 36.4 Å². The molecule has 2 heterocycles. The van der Waals surface area contributed by atoms with E-state index in [1.807, 2.05) is 7.05 Å². The lowest BCUT2D eigenvalue weighted by atomic mass is 9.75. The third-order valence-electron chi connectivity index (χ3n) is 5.10. The van der Waals surface area contributed by atoms with E-state index in [2.05, 4.69) is 39.9 Å². The third kappa shape index (κ3) is 2.59. The van der Waals surface area contributed by atoms with Crippen LogP contribution < -0.4 is 10.6 Å². The molecule has 2 atom stereocenters. The first-order valence-electron chi connectivity index (χ1n) is 8.36. The highest BCUT2D eigenvalue weighted by atomic mass is 19.1. The molecule has 5 heteroatoms. The molecule has 0 saturated carbocycles. The number of hydrogen-bond acceptors (Lipinski definition) is 3. The van der Waals surface area contributed by atoms with Gasteiger partial charge in [-0.1, -0.05) is 24.3 Å². The van der Waals surface area contributed by atoms with Gasteiger partial charge in [0.05, 0.1) is 0 Å². The fourth-order valence-corrected chi connectivity index (χ4v) is 3.99. The zero-order chi connectivity index (χ0) is 16.7. The van der Waals surface area contributed by atoms with Crippen LogP contribution in [0.25, 0.3) is 0 Å². The Morgan fingerprint density at radius 1 is 1.29 bits per heavy atom. The lowest BCUT2D eigenvalue weighted by Crippen LogP contribution is -2.29. The second-order valence-corrected chi connectivity index (χ2v) is 6.67. The van der Waals surface area contributed by atoms with Crippen LogP contribution in [-0.2, 0) is 11.3 Å². The smallest absolute Gasteiger partial charge is 0.244 e.